The number of fused-ring (bicyclic) bond motifs is 2. The number of rotatable bonds is 15. The topological polar surface area (TPSA) is 244 Å². The van der Waals surface area contributed by atoms with E-state index in [9.17, 15) is 28.0 Å². The van der Waals surface area contributed by atoms with Crippen molar-refractivity contribution in [3.05, 3.63) is 159 Å². The molecule has 0 saturated heterocycles. The second-order valence-electron chi connectivity index (χ2n) is 14.8. The van der Waals surface area contributed by atoms with Gasteiger partial charge in [0.25, 0.3) is 17.0 Å². The Hall–Kier alpha value is -8.48. The Balaban J connectivity index is 0.000000200. The molecule has 0 saturated carbocycles. The fourth-order valence-electron chi connectivity index (χ4n) is 7.03. The highest BCUT2D eigenvalue weighted by atomic mass is 19.1. The first-order chi connectivity index (χ1) is 31.9. The van der Waals surface area contributed by atoms with E-state index in [0.29, 0.717) is 106 Å². The fourth-order valence-corrected chi connectivity index (χ4v) is 7.03. The van der Waals surface area contributed by atoms with Crippen LogP contribution in [0.1, 0.15) is 55.7 Å². The van der Waals surface area contributed by atoms with Crippen LogP contribution in [-0.4, -0.2) is 69.4 Å². The van der Waals surface area contributed by atoms with Gasteiger partial charge in [-0.3, -0.25) is 33.3 Å². The molecule has 0 spiro atoms. The summed E-state index contributed by atoms with van der Waals surface area (Å²) in [5.41, 5.74) is 8.60. The first-order valence-electron chi connectivity index (χ1n) is 20.6. The van der Waals surface area contributed by atoms with Crippen LogP contribution in [0.25, 0.3) is 56.0 Å². The molecule has 66 heavy (non-hydrogen) atoms. The number of halogens is 2. The monoisotopic (exact) mass is 897 g/mol. The molecule has 0 radical (unpaired) electrons. The zero-order chi connectivity index (χ0) is 46.7. The highest BCUT2D eigenvalue weighted by Crippen LogP contribution is 2.25. The van der Waals surface area contributed by atoms with E-state index in [1.165, 1.54) is 64.8 Å². The van der Waals surface area contributed by atoms with Crippen molar-refractivity contribution < 1.29 is 37.9 Å². The smallest absolute Gasteiger partial charge is 0.305 e. The molecule has 4 N–H and O–H groups in total. The lowest BCUT2D eigenvalue weighted by Gasteiger charge is -2.14. The van der Waals surface area contributed by atoms with Gasteiger partial charge in [0.1, 0.15) is 23.3 Å². The van der Waals surface area contributed by atoms with Gasteiger partial charge in [-0.15, -0.1) is 0 Å². The van der Waals surface area contributed by atoms with Crippen LogP contribution in [0.15, 0.2) is 129 Å². The molecule has 336 valence electrons. The predicted octanol–water partition coefficient (Wildman–Crippen LogP) is 6.94. The Kier molecular flexibility index (Phi) is 14.4. The van der Waals surface area contributed by atoms with Gasteiger partial charge in [-0.25, -0.2) is 18.7 Å². The normalized spacial score (nSPS) is 11.3. The number of nitrogens with two attached hydrogens (primary N) is 1. The van der Waals surface area contributed by atoms with E-state index in [1.54, 1.807) is 60.9 Å². The van der Waals surface area contributed by atoms with Crippen LogP contribution in [0.3, 0.4) is 0 Å². The molecule has 0 aliphatic carbocycles. The fraction of sp³-hybridized carbons (Fsp3) is 0.191. The Labute approximate surface area is 373 Å². The van der Waals surface area contributed by atoms with Crippen LogP contribution < -0.4 is 16.9 Å². The molecule has 17 nitrogen and oxygen atoms in total. The van der Waals surface area contributed by atoms with Gasteiger partial charge in [-0.05, 0) is 111 Å². The van der Waals surface area contributed by atoms with Crippen molar-refractivity contribution in [1.82, 2.24) is 34.2 Å². The summed E-state index contributed by atoms with van der Waals surface area (Å²) in [5.74, 6) is -0.520. The third-order valence-electron chi connectivity index (χ3n) is 10.4. The summed E-state index contributed by atoms with van der Waals surface area (Å²) in [4.78, 5) is 66.7. The Morgan fingerprint density at radius 2 is 1.26 bits per heavy atom. The third-order valence-corrected chi connectivity index (χ3v) is 10.4. The summed E-state index contributed by atoms with van der Waals surface area (Å²) < 4.78 is 39.8. The van der Waals surface area contributed by atoms with Gasteiger partial charge < -0.3 is 25.3 Å². The molecule has 0 unspecified atom stereocenters. The quantitative estimate of drug-likeness (QED) is 0.0236. The first-order valence-corrected chi connectivity index (χ1v) is 20.6. The van der Waals surface area contributed by atoms with Gasteiger partial charge in [0, 0.05) is 54.8 Å². The highest BCUT2D eigenvalue weighted by Gasteiger charge is 2.18. The predicted molar refractivity (Wildman–Crippen MR) is 238 cm³/mol. The van der Waals surface area contributed by atoms with E-state index in [2.05, 4.69) is 30.0 Å². The number of hydrogen-bond acceptors (Lipinski definition) is 13. The molecule has 0 bridgehead atoms. The SMILES string of the molecule is COC(=O)CCCCc1nc2cc(/C(N)=N/O)ccc2c(=O)n1-c1ccc(F)cc1.O=C(O)CCCCc1nc2cc(-c3noc(-c4ccncc4)n3)ccc2c(=O)n1-c1ccc(F)cc1. The lowest BCUT2D eigenvalue weighted by atomic mass is 10.1. The number of carboxylic acid groups (broad SMARTS) is 1. The van der Waals surface area contributed by atoms with Gasteiger partial charge in [-0.1, -0.05) is 22.4 Å². The number of aromatic nitrogens is 7. The van der Waals surface area contributed by atoms with E-state index < -0.39 is 17.6 Å². The van der Waals surface area contributed by atoms with Crippen molar-refractivity contribution in [2.45, 2.75) is 51.4 Å². The molecule has 19 heteroatoms. The lowest BCUT2D eigenvalue weighted by molar-refractivity contribution is -0.141. The number of carbonyl (C=O) groups is 2. The maximum atomic E-state index is 13.5. The maximum absolute atomic E-state index is 13.5. The Bertz CT molecular complexity index is 3170. The molecule has 8 rings (SSSR count). The van der Waals surface area contributed by atoms with Crippen LogP contribution in [-0.2, 0) is 27.2 Å². The first kappa shape index (κ1) is 45.5. The third kappa shape index (κ3) is 10.6. The van der Waals surface area contributed by atoms with E-state index in [0.717, 1.165) is 5.56 Å². The summed E-state index contributed by atoms with van der Waals surface area (Å²) in [7, 11) is 1.33. The molecule has 0 atom stereocenters. The van der Waals surface area contributed by atoms with Crippen LogP contribution in [0, 0.1) is 11.6 Å². The standard InChI is InChI=1S/C26H20FN5O4.C21H21FN4O4/c27-18-6-8-19(9-7-18)32-22(3-1-2-4-23(33)34)29-21-15-17(5-10-20(21)26(32)35)24-30-25(36-31-24)16-11-13-28-14-12-16;1-30-19(27)5-3-2-4-18-24-17-12-13(20(23)25-29)6-11-16(17)21(28)26(18)15-9-7-14(22)8-10-15/h5-15H,1-4H2,(H,33,34);6-12,29H,2-5H2,1H3,(H2,23,25). The van der Waals surface area contributed by atoms with E-state index in [-0.39, 0.29) is 35.8 Å². The molecular formula is C47H41F2N9O8. The summed E-state index contributed by atoms with van der Waals surface area (Å²) >= 11 is 0. The Morgan fingerprint density at radius 3 is 1.80 bits per heavy atom. The number of amidine groups is 1. The minimum Gasteiger partial charge on any atom is -0.481 e. The zero-order valence-electron chi connectivity index (χ0n) is 35.3. The number of aliphatic carboxylic acids is 1. The van der Waals surface area contributed by atoms with E-state index in [4.69, 9.17) is 25.6 Å². The van der Waals surface area contributed by atoms with Crippen LogP contribution >= 0.6 is 0 Å². The number of nitrogens with zero attached hydrogens (tertiary/aromatic N) is 8. The number of ether oxygens (including phenoxy) is 1. The van der Waals surface area contributed by atoms with Gasteiger partial charge in [0.15, 0.2) is 5.84 Å². The van der Waals surface area contributed by atoms with Crippen molar-refractivity contribution >= 4 is 39.6 Å². The average molecular weight is 898 g/mol. The molecular weight excluding hydrogens is 857 g/mol. The van der Waals surface area contributed by atoms with E-state index >= 15 is 0 Å². The average Bonchev–Trinajstić information content (AvgIpc) is 3.83. The van der Waals surface area contributed by atoms with E-state index in [1.807, 2.05) is 0 Å². The highest BCUT2D eigenvalue weighted by molar-refractivity contribution is 6.00. The second kappa shape index (κ2) is 20.8. The number of carboxylic acids is 1. The zero-order valence-corrected chi connectivity index (χ0v) is 35.3. The van der Waals surface area contributed by atoms with Gasteiger partial charge in [-0.2, -0.15) is 4.98 Å². The van der Waals surface area contributed by atoms with Gasteiger partial charge in [0.2, 0.25) is 5.82 Å². The number of esters is 1. The van der Waals surface area contributed by atoms with Gasteiger partial charge in [0.05, 0.1) is 40.3 Å². The van der Waals surface area contributed by atoms with Crippen molar-refractivity contribution in [2.24, 2.45) is 10.9 Å². The summed E-state index contributed by atoms with van der Waals surface area (Å²) in [5, 5.41) is 25.6. The minimum atomic E-state index is -0.881. The Morgan fingerprint density at radius 1 is 0.712 bits per heavy atom. The van der Waals surface area contributed by atoms with Crippen LogP contribution in [0.5, 0.6) is 0 Å². The molecule has 0 aliphatic rings. The number of hydrogen-bond donors (Lipinski definition) is 3. The second-order valence-corrected chi connectivity index (χ2v) is 14.8. The number of benzene rings is 4. The number of carbonyl (C=O) groups excluding carboxylic acids is 1. The molecule has 0 amide bonds. The minimum absolute atomic E-state index is 0.0240. The summed E-state index contributed by atoms with van der Waals surface area (Å²) in [6.45, 7) is 0. The van der Waals surface area contributed by atoms with Crippen molar-refractivity contribution in [2.75, 3.05) is 7.11 Å². The van der Waals surface area contributed by atoms with Crippen LogP contribution in [0.4, 0.5) is 8.78 Å². The molecule has 0 aliphatic heterocycles. The van der Waals surface area contributed by atoms with Crippen molar-refractivity contribution in [1.29, 1.82) is 0 Å². The number of oxime groups is 1. The summed E-state index contributed by atoms with van der Waals surface area (Å²) in [6.07, 6.45) is 6.43. The molecule has 4 heterocycles. The molecule has 0 fully saturated rings. The lowest BCUT2D eigenvalue weighted by Crippen LogP contribution is -2.24. The molecule has 4 aromatic heterocycles. The number of pyridine rings is 1. The largest absolute Gasteiger partial charge is 0.481 e. The van der Waals surface area contributed by atoms with Crippen molar-refractivity contribution in [3.63, 3.8) is 0 Å². The molecule has 8 aromatic rings. The molecule has 4 aromatic carbocycles. The number of unbranched alkanes of at least 4 members (excludes halogenated alkanes) is 2. The maximum Gasteiger partial charge on any atom is 0.305 e. The van der Waals surface area contributed by atoms with Crippen molar-refractivity contribution in [3.8, 4) is 34.2 Å². The summed E-state index contributed by atoms with van der Waals surface area (Å²) in [6, 6.07) is 24.4. The number of methoxy groups -OCH3 is 1. The van der Waals surface area contributed by atoms with Crippen LogP contribution in [0.2, 0.25) is 0 Å². The number of aryl methyl sites for hydroxylation is 2. The van der Waals surface area contributed by atoms with Gasteiger partial charge >= 0.3 is 11.9 Å².